The molecular formula is C12H13N3O. The first kappa shape index (κ1) is 10.6. The van der Waals surface area contributed by atoms with Gasteiger partial charge in [-0.2, -0.15) is 0 Å². The van der Waals surface area contributed by atoms with Gasteiger partial charge in [-0.15, -0.1) is 0 Å². The van der Waals surface area contributed by atoms with Gasteiger partial charge in [-0.3, -0.25) is 9.78 Å². The van der Waals surface area contributed by atoms with E-state index in [0.717, 1.165) is 16.5 Å². The molecule has 4 N–H and O–H groups in total. The van der Waals surface area contributed by atoms with Gasteiger partial charge in [0.2, 0.25) is 5.91 Å². The summed E-state index contributed by atoms with van der Waals surface area (Å²) in [5.74, 6) is -0.402. The summed E-state index contributed by atoms with van der Waals surface area (Å²) in [7, 11) is 0. The Morgan fingerprint density at radius 1 is 1.38 bits per heavy atom. The number of pyridine rings is 1. The van der Waals surface area contributed by atoms with Crippen LogP contribution in [0.1, 0.15) is 18.0 Å². The molecule has 0 aliphatic heterocycles. The number of hydrogen-bond donors (Lipinski definition) is 2. The number of hydrogen-bond acceptors (Lipinski definition) is 3. The van der Waals surface area contributed by atoms with Crippen molar-refractivity contribution < 1.29 is 4.79 Å². The van der Waals surface area contributed by atoms with Crippen LogP contribution in [0.15, 0.2) is 36.5 Å². The standard InChI is InChI=1S/C12H13N3O/c13-10(6-12(14)16)9-5-8-3-1-2-4-11(8)15-7-9/h1-5,7,10H,6,13H2,(H2,14,16). The van der Waals surface area contributed by atoms with E-state index in [0.29, 0.717) is 0 Å². The highest BCUT2D eigenvalue weighted by Crippen LogP contribution is 2.18. The van der Waals surface area contributed by atoms with Crippen LogP contribution in [-0.2, 0) is 4.79 Å². The third-order valence-corrected chi connectivity index (χ3v) is 2.46. The number of carbonyl (C=O) groups is 1. The zero-order valence-electron chi connectivity index (χ0n) is 8.76. The first-order valence-electron chi connectivity index (χ1n) is 5.05. The van der Waals surface area contributed by atoms with Crippen molar-refractivity contribution in [1.82, 2.24) is 4.98 Å². The number of aromatic nitrogens is 1. The Morgan fingerprint density at radius 2 is 2.12 bits per heavy atom. The summed E-state index contributed by atoms with van der Waals surface area (Å²) in [6.07, 6.45) is 1.83. The number of carbonyl (C=O) groups excluding carboxylic acids is 1. The fraction of sp³-hybridized carbons (Fsp3) is 0.167. The van der Waals surface area contributed by atoms with Crippen molar-refractivity contribution in [3.8, 4) is 0 Å². The second-order valence-corrected chi connectivity index (χ2v) is 3.74. The minimum atomic E-state index is -0.402. The molecule has 0 saturated heterocycles. The number of primary amides is 1. The Kier molecular flexibility index (Phi) is 2.83. The van der Waals surface area contributed by atoms with Gasteiger partial charge in [0, 0.05) is 24.0 Å². The van der Waals surface area contributed by atoms with E-state index in [1.807, 2.05) is 30.3 Å². The second kappa shape index (κ2) is 4.28. The average Bonchev–Trinajstić information content (AvgIpc) is 2.27. The SMILES string of the molecule is NC(=O)CC(N)c1cnc2ccccc2c1. The van der Waals surface area contributed by atoms with Crippen molar-refractivity contribution in [2.75, 3.05) is 0 Å². The summed E-state index contributed by atoms with van der Waals surface area (Å²) >= 11 is 0. The third-order valence-electron chi connectivity index (χ3n) is 2.46. The minimum absolute atomic E-state index is 0.139. The van der Waals surface area contributed by atoms with E-state index >= 15 is 0 Å². The molecule has 0 bridgehead atoms. The Labute approximate surface area is 93.3 Å². The predicted molar refractivity (Wildman–Crippen MR) is 62.5 cm³/mol. The molecule has 0 aliphatic rings. The van der Waals surface area contributed by atoms with E-state index in [9.17, 15) is 4.79 Å². The first-order chi connectivity index (χ1) is 7.66. The fourth-order valence-electron chi connectivity index (χ4n) is 1.63. The van der Waals surface area contributed by atoms with Crippen molar-refractivity contribution in [2.45, 2.75) is 12.5 Å². The molecule has 2 aromatic rings. The molecule has 2 rings (SSSR count). The lowest BCUT2D eigenvalue weighted by atomic mass is 10.0. The molecule has 1 amide bonds. The van der Waals surface area contributed by atoms with Gasteiger partial charge in [0.1, 0.15) is 0 Å². The van der Waals surface area contributed by atoms with E-state index in [2.05, 4.69) is 4.98 Å². The summed E-state index contributed by atoms with van der Waals surface area (Å²) in [6.45, 7) is 0. The summed E-state index contributed by atoms with van der Waals surface area (Å²) < 4.78 is 0. The van der Waals surface area contributed by atoms with Crippen LogP contribution in [-0.4, -0.2) is 10.9 Å². The first-order valence-corrected chi connectivity index (χ1v) is 5.05. The van der Waals surface area contributed by atoms with Crippen molar-refractivity contribution in [3.05, 3.63) is 42.1 Å². The van der Waals surface area contributed by atoms with E-state index in [1.54, 1.807) is 6.20 Å². The van der Waals surface area contributed by atoms with E-state index in [4.69, 9.17) is 11.5 Å². The molecule has 16 heavy (non-hydrogen) atoms. The Balaban J connectivity index is 2.35. The topological polar surface area (TPSA) is 82.0 Å². The van der Waals surface area contributed by atoms with Crippen LogP contribution in [0.25, 0.3) is 10.9 Å². The van der Waals surface area contributed by atoms with E-state index < -0.39 is 5.91 Å². The highest BCUT2D eigenvalue weighted by molar-refractivity contribution is 5.79. The second-order valence-electron chi connectivity index (χ2n) is 3.74. The predicted octanol–water partition coefficient (Wildman–Crippen LogP) is 1.11. The quantitative estimate of drug-likeness (QED) is 0.804. The number of fused-ring (bicyclic) bond motifs is 1. The molecule has 1 heterocycles. The minimum Gasteiger partial charge on any atom is -0.370 e. The molecule has 1 aromatic carbocycles. The molecular weight excluding hydrogens is 202 g/mol. The highest BCUT2D eigenvalue weighted by atomic mass is 16.1. The van der Waals surface area contributed by atoms with Gasteiger partial charge >= 0.3 is 0 Å². The molecule has 0 radical (unpaired) electrons. The maximum absolute atomic E-state index is 10.8. The molecule has 82 valence electrons. The Bertz CT molecular complexity index is 524. The number of rotatable bonds is 3. The monoisotopic (exact) mass is 215 g/mol. The number of nitrogens with two attached hydrogens (primary N) is 2. The highest BCUT2D eigenvalue weighted by Gasteiger charge is 2.10. The van der Waals surface area contributed by atoms with Crippen LogP contribution in [0.5, 0.6) is 0 Å². The summed E-state index contributed by atoms with van der Waals surface area (Å²) in [6, 6.07) is 9.32. The molecule has 1 unspecified atom stereocenters. The van der Waals surface area contributed by atoms with Crippen LogP contribution >= 0.6 is 0 Å². The average molecular weight is 215 g/mol. The lowest BCUT2D eigenvalue weighted by Crippen LogP contribution is -2.20. The number of nitrogens with zero attached hydrogens (tertiary/aromatic N) is 1. The zero-order chi connectivity index (χ0) is 11.5. The molecule has 4 heteroatoms. The van der Waals surface area contributed by atoms with Crippen LogP contribution < -0.4 is 11.5 Å². The van der Waals surface area contributed by atoms with Crippen molar-refractivity contribution in [1.29, 1.82) is 0 Å². The van der Waals surface area contributed by atoms with Gasteiger partial charge in [0.05, 0.1) is 5.52 Å². The zero-order valence-corrected chi connectivity index (χ0v) is 8.76. The maximum Gasteiger partial charge on any atom is 0.219 e. The molecule has 0 fully saturated rings. The van der Waals surface area contributed by atoms with Crippen LogP contribution in [0, 0.1) is 0 Å². The number of para-hydroxylation sites is 1. The van der Waals surface area contributed by atoms with Crippen LogP contribution in [0.2, 0.25) is 0 Å². The van der Waals surface area contributed by atoms with Gasteiger partial charge < -0.3 is 11.5 Å². The summed E-state index contributed by atoms with van der Waals surface area (Å²) in [5.41, 5.74) is 12.7. The van der Waals surface area contributed by atoms with E-state index in [-0.39, 0.29) is 12.5 Å². The largest absolute Gasteiger partial charge is 0.370 e. The molecule has 1 aromatic heterocycles. The molecule has 0 saturated carbocycles. The Morgan fingerprint density at radius 3 is 2.88 bits per heavy atom. The van der Waals surface area contributed by atoms with Gasteiger partial charge in [-0.25, -0.2) is 0 Å². The lowest BCUT2D eigenvalue weighted by molar-refractivity contribution is -0.118. The van der Waals surface area contributed by atoms with Gasteiger partial charge in [-0.1, -0.05) is 18.2 Å². The molecule has 1 atom stereocenters. The summed E-state index contributed by atoms with van der Waals surface area (Å²) in [5, 5.41) is 1.01. The normalized spacial score (nSPS) is 12.6. The summed E-state index contributed by atoms with van der Waals surface area (Å²) in [4.78, 5) is 15.0. The van der Waals surface area contributed by atoms with Crippen LogP contribution in [0.4, 0.5) is 0 Å². The van der Waals surface area contributed by atoms with E-state index in [1.165, 1.54) is 0 Å². The van der Waals surface area contributed by atoms with Crippen molar-refractivity contribution >= 4 is 16.8 Å². The van der Waals surface area contributed by atoms with Crippen molar-refractivity contribution in [3.63, 3.8) is 0 Å². The fourth-order valence-corrected chi connectivity index (χ4v) is 1.63. The molecule has 4 nitrogen and oxygen atoms in total. The lowest BCUT2D eigenvalue weighted by Gasteiger charge is -2.09. The number of benzene rings is 1. The smallest absolute Gasteiger partial charge is 0.219 e. The van der Waals surface area contributed by atoms with Crippen molar-refractivity contribution in [2.24, 2.45) is 11.5 Å². The molecule has 0 spiro atoms. The van der Waals surface area contributed by atoms with Gasteiger partial charge in [-0.05, 0) is 17.7 Å². The third kappa shape index (κ3) is 2.17. The molecule has 0 aliphatic carbocycles. The van der Waals surface area contributed by atoms with Gasteiger partial charge in [0.15, 0.2) is 0 Å². The number of amides is 1. The Hall–Kier alpha value is -1.94. The van der Waals surface area contributed by atoms with Crippen LogP contribution in [0.3, 0.4) is 0 Å². The van der Waals surface area contributed by atoms with Gasteiger partial charge in [0.25, 0.3) is 0 Å². The maximum atomic E-state index is 10.8.